The molecule has 1 atom stereocenters. The first-order valence-electron chi connectivity index (χ1n) is 7.77. The first-order valence-corrected chi connectivity index (χ1v) is 7.77. The number of carbonyl (C=O) groups is 1. The van der Waals surface area contributed by atoms with Gasteiger partial charge in [-0.1, -0.05) is 6.07 Å². The fourth-order valence-corrected chi connectivity index (χ4v) is 3.70. The summed E-state index contributed by atoms with van der Waals surface area (Å²) in [6.07, 6.45) is 5.69. The lowest BCUT2D eigenvalue weighted by molar-refractivity contribution is -0.138. The van der Waals surface area contributed by atoms with Crippen LogP contribution in [0.15, 0.2) is 24.4 Å². The number of rotatable bonds is 3. The Morgan fingerprint density at radius 3 is 2.95 bits per heavy atom. The summed E-state index contributed by atoms with van der Waals surface area (Å²) in [5.41, 5.74) is 0.166. The molecule has 0 saturated carbocycles. The van der Waals surface area contributed by atoms with Crippen molar-refractivity contribution in [2.45, 2.75) is 25.7 Å². The van der Waals surface area contributed by atoms with E-state index in [-0.39, 0.29) is 17.9 Å². The molecule has 21 heavy (non-hydrogen) atoms. The van der Waals surface area contributed by atoms with Crippen LogP contribution in [0.1, 0.15) is 25.7 Å². The van der Waals surface area contributed by atoms with Crippen molar-refractivity contribution in [3.63, 3.8) is 0 Å². The van der Waals surface area contributed by atoms with Crippen molar-refractivity contribution in [3.8, 4) is 0 Å². The molecule has 2 aliphatic heterocycles. The van der Waals surface area contributed by atoms with Crippen LogP contribution in [0.5, 0.6) is 0 Å². The largest absolute Gasteiger partial charge is 0.395 e. The number of aliphatic hydroxyl groups is 1. The molecule has 2 saturated heterocycles. The summed E-state index contributed by atoms with van der Waals surface area (Å²) < 4.78 is 0. The zero-order valence-electron chi connectivity index (χ0n) is 12.4. The van der Waals surface area contributed by atoms with Crippen molar-refractivity contribution in [2.24, 2.45) is 5.41 Å². The van der Waals surface area contributed by atoms with Crippen LogP contribution in [0.2, 0.25) is 0 Å². The Balaban J connectivity index is 1.74. The van der Waals surface area contributed by atoms with Crippen LogP contribution < -0.4 is 4.90 Å². The van der Waals surface area contributed by atoms with Gasteiger partial charge in [0.25, 0.3) is 0 Å². The first-order chi connectivity index (χ1) is 10.2. The minimum absolute atomic E-state index is 0.0474. The number of β-amino-alcohol motifs (C(OH)–C–C–N with tert-alkyl or cyclic N) is 1. The molecule has 1 amide bonds. The van der Waals surface area contributed by atoms with Crippen LogP contribution in [0, 0.1) is 5.41 Å². The average Bonchev–Trinajstić information content (AvgIpc) is 2.53. The molecule has 1 aromatic heterocycles. The molecule has 2 fully saturated rings. The lowest BCUT2D eigenvalue weighted by atomic mass is 9.73. The number of aromatic nitrogens is 1. The van der Waals surface area contributed by atoms with E-state index in [9.17, 15) is 4.79 Å². The van der Waals surface area contributed by atoms with E-state index < -0.39 is 0 Å². The Kier molecular flexibility index (Phi) is 4.10. The van der Waals surface area contributed by atoms with Gasteiger partial charge in [0.15, 0.2) is 0 Å². The lowest BCUT2D eigenvalue weighted by Crippen LogP contribution is -2.54. The second-order valence-corrected chi connectivity index (χ2v) is 6.25. The number of amides is 1. The Morgan fingerprint density at radius 1 is 1.29 bits per heavy atom. The third kappa shape index (κ3) is 3.02. The highest BCUT2D eigenvalue weighted by Gasteiger charge is 2.41. The van der Waals surface area contributed by atoms with Gasteiger partial charge in [0.2, 0.25) is 5.91 Å². The number of likely N-dealkylation sites (tertiary alicyclic amines) is 1. The Labute approximate surface area is 125 Å². The van der Waals surface area contributed by atoms with Gasteiger partial charge in [0.1, 0.15) is 5.82 Å². The van der Waals surface area contributed by atoms with Crippen LogP contribution in [0.3, 0.4) is 0 Å². The van der Waals surface area contributed by atoms with E-state index in [2.05, 4.69) is 16.0 Å². The smallest absolute Gasteiger partial charge is 0.222 e. The molecule has 114 valence electrons. The van der Waals surface area contributed by atoms with Crippen LogP contribution >= 0.6 is 0 Å². The maximum absolute atomic E-state index is 12.0. The van der Waals surface area contributed by atoms with Gasteiger partial charge in [-0.25, -0.2) is 4.98 Å². The number of aliphatic hydroxyl groups excluding tert-OH is 1. The summed E-state index contributed by atoms with van der Waals surface area (Å²) in [6.45, 7) is 3.28. The van der Waals surface area contributed by atoms with Gasteiger partial charge >= 0.3 is 0 Å². The zero-order chi connectivity index (χ0) is 14.7. The van der Waals surface area contributed by atoms with Crippen molar-refractivity contribution < 1.29 is 9.90 Å². The fraction of sp³-hybridized carbons (Fsp3) is 0.625. The van der Waals surface area contributed by atoms with E-state index >= 15 is 0 Å². The van der Waals surface area contributed by atoms with Gasteiger partial charge in [0, 0.05) is 44.2 Å². The topological polar surface area (TPSA) is 56.7 Å². The summed E-state index contributed by atoms with van der Waals surface area (Å²) in [5.74, 6) is 1.21. The molecule has 3 heterocycles. The normalized spacial score (nSPS) is 26.4. The molecule has 2 aliphatic rings. The highest BCUT2D eigenvalue weighted by Crippen LogP contribution is 2.39. The van der Waals surface area contributed by atoms with E-state index in [1.54, 1.807) is 0 Å². The van der Waals surface area contributed by atoms with E-state index in [1.165, 1.54) is 0 Å². The van der Waals surface area contributed by atoms with Crippen LogP contribution in [0.25, 0.3) is 0 Å². The predicted octanol–water partition coefficient (Wildman–Crippen LogP) is 1.28. The lowest BCUT2D eigenvalue weighted by Gasteiger charge is -2.48. The summed E-state index contributed by atoms with van der Waals surface area (Å²) >= 11 is 0. The molecule has 0 radical (unpaired) electrons. The molecule has 1 aromatic rings. The summed E-state index contributed by atoms with van der Waals surface area (Å²) in [6, 6.07) is 6.01. The van der Waals surface area contributed by atoms with Crippen molar-refractivity contribution in [1.29, 1.82) is 0 Å². The number of pyridine rings is 1. The summed E-state index contributed by atoms with van der Waals surface area (Å²) in [4.78, 5) is 20.6. The monoisotopic (exact) mass is 289 g/mol. The molecular formula is C16H23N3O2. The molecule has 3 rings (SSSR count). The zero-order valence-corrected chi connectivity index (χ0v) is 12.4. The quantitative estimate of drug-likeness (QED) is 0.911. The molecule has 0 aromatic carbocycles. The van der Waals surface area contributed by atoms with Gasteiger partial charge in [-0.05, 0) is 31.4 Å². The summed E-state index contributed by atoms with van der Waals surface area (Å²) in [7, 11) is 0. The van der Waals surface area contributed by atoms with Gasteiger partial charge < -0.3 is 14.9 Å². The second-order valence-electron chi connectivity index (χ2n) is 6.25. The van der Waals surface area contributed by atoms with Gasteiger partial charge in [-0.3, -0.25) is 4.79 Å². The van der Waals surface area contributed by atoms with E-state index in [1.807, 2.05) is 23.2 Å². The van der Waals surface area contributed by atoms with Crippen LogP contribution in [0.4, 0.5) is 5.82 Å². The molecule has 5 nitrogen and oxygen atoms in total. The van der Waals surface area contributed by atoms with Gasteiger partial charge in [0.05, 0.1) is 6.61 Å². The van der Waals surface area contributed by atoms with Crippen LogP contribution in [-0.4, -0.2) is 53.7 Å². The summed E-state index contributed by atoms with van der Waals surface area (Å²) in [5, 5.41) is 9.14. The minimum Gasteiger partial charge on any atom is -0.395 e. The fourth-order valence-electron chi connectivity index (χ4n) is 3.70. The van der Waals surface area contributed by atoms with E-state index in [4.69, 9.17) is 5.11 Å². The van der Waals surface area contributed by atoms with Crippen LogP contribution in [-0.2, 0) is 4.79 Å². The molecule has 1 N–H and O–H groups in total. The molecular weight excluding hydrogens is 266 g/mol. The highest BCUT2D eigenvalue weighted by atomic mass is 16.3. The van der Waals surface area contributed by atoms with Crippen molar-refractivity contribution in [2.75, 3.05) is 37.7 Å². The van der Waals surface area contributed by atoms with Gasteiger partial charge in [-0.15, -0.1) is 0 Å². The standard InChI is InChI=1S/C16H23N3O2/c20-11-10-19-13-16(7-5-15(19)21)6-3-9-18(12-16)14-4-1-2-8-17-14/h1-2,4,8,20H,3,5-7,9-13H2/t16-/m1/s1. The van der Waals surface area contributed by atoms with E-state index in [0.29, 0.717) is 13.0 Å². The number of hydrogen-bond donors (Lipinski definition) is 1. The Bertz CT molecular complexity index is 494. The first kappa shape index (κ1) is 14.3. The molecule has 0 unspecified atom stereocenters. The Morgan fingerprint density at radius 2 is 2.19 bits per heavy atom. The van der Waals surface area contributed by atoms with E-state index in [0.717, 1.165) is 44.7 Å². The number of anilines is 1. The molecule has 5 heteroatoms. The number of carbonyl (C=O) groups excluding carboxylic acids is 1. The third-order valence-corrected chi connectivity index (χ3v) is 4.75. The Hall–Kier alpha value is -1.62. The van der Waals surface area contributed by atoms with Crippen molar-refractivity contribution in [3.05, 3.63) is 24.4 Å². The van der Waals surface area contributed by atoms with Crippen molar-refractivity contribution in [1.82, 2.24) is 9.88 Å². The number of hydrogen-bond acceptors (Lipinski definition) is 4. The van der Waals surface area contributed by atoms with Gasteiger partial charge in [-0.2, -0.15) is 0 Å². The maximum atomic E-state index is 12.0. The average molecular weight is 289 g/mol. The number of nitrogens with zero attached hydrogens (tertiary/aromatic N) is 3. The van der Waals surface area contributed by atoms with Crippen molar-refractivity contribution >= 4 is 11.7 Å². The number of piperidine rings is 2. The predicted molar refractivity (Wildman–Crippen MR) is 81.0 cm³/mol. The minimum atomic E-state index is 0.0474. The maximum Gasteiger partial charge on any atom is 0.222 e. The third-order valence-electron chi connectivity index (χ3n) is 4.75. The highest BCUT2D eigenvalue weighted by molar-refractivity contribution is 5.77. The molecule has 0 aliphatic carbocycles. The molecule has 1 spiro atoms. The molecule has 0 bridgehead atoms. The second kappa shape index (κ2) is 6.02. The SMILES string of the molecule is O=C1CC[C@@]2(CCCN(c3ccccn3)C2)CN1CCO.